The third-order valence-electron chi connectivity index (χ3n) is 5.82. The highest BCUT2D eigenvalue weighted by Gasteiger charge is 2.38. The molecule has 0 radical (unpaired) electrons. The van der Waals surface area contributed by atoms with Crippen molar-refractivity contribution in [2.45, 2.75) is 18.4 Å². The van der Waals surface area contributed by atoms with E-state index >= 15 is 0 Å². The maximum atomic E-state index is 13.4. The van der Waals surface area contributed by atoms with Gasteiger partial charge in [-0.3, -0.25) is 4.79 Å². The molecule has 2 heterocycles. The lowest BCUT2D eigenvalue weighted by Crippen LogP contribution is -2.29. The smallest absolute Gasteiger partial charge is 0.185 e. The minimum absolute atomic E-state index is 0.0524. The lowest BCUT2D eigenvalue weighted by Gasteiger charge is -2.37. The Balaban J connectivity index is 1.45. The maximum Gasteiger partial charge on any atom is 0.185 e. The third-order valence-corrected chi connectivity index (χ3v) is 5.82. The Morgan fingerprint density at radius 2 is 2.00 bits per heavy atom. The maximum absolute atomic E-state index is 13.4. The summed E-state index contributed by atoms with van der Waals surface area (Å²) in [6.07, 6.45) is 10.2. The molecule has 3 aromatic rings. The van der Waals surface area contributed by atoms with Crippen molar-refractivity contribution >= 4 is 17.5 Å². The van der Waals surface area contributed by atoms with E-state index in [0.29, 0.717) is 17.2 Å². The number of anilines is 1. The largest absolute Gasteiger partial charge is 0.465 e. The predicted molar refractivity (Wildman–Crippen MR) is 111 cm³/mol. The van der Waals surface area contributed by atoms with Crippen LogP contribution in [0.4, 0.5) is 10.1 Å². The van der Waals surface area contributed by atoms with Gasteiger partial charge in [0, 0.05) is 17.2 Å². The van der Waals surface area contributed by atoms with Crippen LogP contribution in [0.1, 0.15) is 45.6 Å². The first-order valence-electron chi connectivity index (χ1n) is 9.77. The number of furan rings is 1. The Labute approximate surface area is 168 Å². The van der Waals surface area contributed by atoms with Gasteiger partial charge in [-0.2, -0.15) is 0 Å². The summed E-state index contributed by atoms with van der Waals surface area (Å²) in [4.78, 5) is 12.6. The van der Waals surface area contributed by atoms with Crippen molar-refractivity contribution < 1.29 is 13.6 Å². The van der Waals surface area contributed by atoms with Crippen molar-refractivity contribution in [3.63, 3.8) is 0 Å². The van der Waals surface area contributed by atoms with Crippen molar-refractivity contribution in [3.8, 4) is 0 Å². The first-order valence-corrected chi connectivity index (χ1v) is 9.77. The van der Waals surface area contributed by atoms with Crippen LogP contribution < -0.4 is 5.32 Å². The Morgan fingerprint density at radius 3 is 2.79 bits per heavy atom. The van der Waals surface area contributed by atoms with Crippen LogP contribution in [0, 0.1) is 11.7 Å². The van der Waals surface area contributed by atoms with Crippen LogP contribution in [-0.4, -0.2) is 5.78 Å². The monoisotopic (exact) mass is 385 g/mol. The molecule has 2 aliphatic rings. The van der Waals surface area contributed by atoms with E-state index in [-0.39, 0.29) is 23.6 Å². The number of fused-ring (bicyclic) bond motifs is 3. The van der Waals surface area contributed by atoms with Crippen molar-refractivity contribution in [3.05, 3.63) is 107 Å². The number of carbonyl (C=O) groups is 1. The first kappa shape index (κ1) is 17.7. The van der Waals surface area contributed by atoms with Gasteiger partial charge in [-0.25, -0.2) is 4.39 Å². The summed E-state index contributed by atoms with van der Waals surface area (Å²) in [7, 11) is 0. The lowest BCUT2D eigenvalue weighted by molar-refractivity contribution is 0.104. The van der Waals surface area contributed by atoms with Gasteiger partial charge in [-0.05, 0) is 78.1 Å². The average molecular weight is 385 g/mol. The Hall–Kier alpha value is -3.40. The number of carbonyl (C=O) groups excluding carboxylic acids is 1. The molecular formula is C25H20FNO2. The molecule has 3 unspecified atom stereocenters. The number of rotatable bonds is 4. The molecule has 4 heteroatoms. The Morgan fingerprint density at radius 1 is 1.14 bits per heavy atom. The average Bonchev–Trinajstić information content (AvgIpc) is 3.44. The van der Waals surface area contributed by atoms with Crippen LogP contribution in [-0.2, 0) is 0 Å². The molecule has 1 N–H and O–H groups in total. The summed E-state index contributed by atoms with van der Waals surface area (Å²) in [6, 6.07) is 16.3. The number of halogens is 1. The van der Waals surface area contributed by atoms with Gasteiger partial charge < -0.3 is 9.73 Å². The van der Waals surface area contributed by atoms with Crippen molar-refractivity contribution in [1.82, 2.24) is 0 Å². The summed E-state index contributed by atoms with van der Waals surface area (Å²) < 4.78 is 18.6. The van der Waals surface area contributed by atoms with Gasteiger partial charge in [0.1, 0.15) is 11.6 Å². The van der Waals surface area contributed by atoms with Gasteiger partial charge in [-0.15, -0.1) is 0 Å². The molecule has 0 fully saturated rings. The summed E-state index contributed by atoms with van der Waals surface area (Å²) in [5.41, 5.74) is 3.91. The molecule has 29 heavy (non-hydrogen) atoms. The molecule has 0 bridgehead atoms. The molecule has 0 spiro atoms. The molecule has 1 aromatic heterocycles. The highest BCUT2D eigenvalue weighted by Crippen LogP contribution is 2.49. The molecule has 1 aliphatic heterocycles. The summed E-state index contributed by atoms with van der Waals surface area (Å²) in [5, 5.41) is 3.62. The van der Waals surface area contributed by atoms with Crippen molar-refractivity contribution in [2.24, 2.45) is 5.92 Å². The van der Waals surface area contributed by atoms with Gasteiger partial charge in [-0.1, -0.05) is 24.3 Å². The first-order chi connectivity index (χ1) is 14.2. The van der Waals surface area contributed by atoms with E-state index in [0.717, 1.165) is 23.2 Å². The fraction of sp³-hybridized carbons (Fsp3) is 0.160. The summed E-state index contributed by atoms with van der Waals surface area (Å²) in [6.45, 7) is 0. The Bertz CT molecular complexity index is 1100. The van der Waals surface area contributed by atoms with Crippen molar-refractivity contribution in [2.75, 3.05) is 5.32 Å². The molecule has 0 saturated heterocycles. The second-order valence-electron chi connectivity index (χ2n) is 7.54. The minimum Gasteiger partial charge on any atom is -0.465 e. The van der Waals surface area contributed by atoms with Crippen LogP contribution in [0.25, 0.3) is 6.08 Å². The third kappa shape index (κ3) is 3.31. The zero-order valence-corrected chi connectivity index (χ0v) is 15.7. The van der Waals surface area contributed by atoms with Crippen LogP contribution in [0.2, 0.25) is 0 Å². The predicted octanol–water partition coefficient (Wildman–Crippen LogP) is 6.14. The van der Waals surface area contributed by atoms with E-state index < -0.39 is 0 Å². The highest BCUT2D eigenvalue weighted by atomic mass is 19.1. The number of allylic oxidation sites excluding steroid dienone is 3. The highest BCUT2D eigenvalue weighted by molar-refractivity contribution is 6.07. The standard InChI is InChI=1S/C25H20FNO2/c26-18-9-6-16(7-10-18)25-21-5-1-4-20(21)22-15-17(8-12-23(22)27-25)24(28)13-11-19-3-2-14-29-19/h1-4,6-15,20-21,25,27H,5H2. The molecule has 5 rings (SSSR count). The van der Waals surface area contributed by atoms with Gasteiger partial charge in [0.2, 0.25) is 0 Å². The van der Waals surface area contributed by atoms with Crippen LogP contribution >= 0.6 is 0 Å². The molecule has 3 atom stereocenters. The molecule has 1 aliphatic carbocycles. The minimum atomic E-state index is -0.225. The fourth-order valence-corrected chi connectivity index (χ4v) is 4.39. The summed E-state index contributed by atoms with van der Waals surface area (Å²) >= 11 is 0. The van der Waals surface area contributed by atoms with E-state index in [1.807, 2.05) is 36.4 Å². The zero-order valence-electron chi connectivity index (χ0n) is 15.7. The van der Waals surface area contributed by atoms with Crippen LogP contribution in [0.5, 0.6) is 0 Å². The topological polar surface area (TPSA) is 42.2 Å². The number of ketones is 1. The molecule has 2 aromatic carbocycles. The molecule has 0 amide bonds. The van der Waals surface area contributed by atoms with E-state index in [4.69, 9.17) is 4.42 Å². The van der Waals surface area contributed by atoms with Gasteiger partial charge in [0.15, 0.2) is 5.78 Å². The SMILES string of the molecule is O=C(C=Cc1ccco1)c1ccc2c(c1)C1C=CCC1C(c1ccc(F)cc1)N2. The number of nitrogens with one attached hydrogen (secondary N) is 1. The quantitative estimate of drug-likeness (QED) is 0.333. The molecule has 3 nitrogen and oxygen atoms in total. The van der Waals surface area contributed by atoms with Crippen LogP contribution in [0.3, 0.4) is 0 Å². The molecular weight excluding hydrogens is 365 g/mol. The second kappa shape index (κ2) is 7.21. The normalized spacial score (nSPS) is 22.3. The van der Waals surface area contributed by atoms with E-state index in [1.54, 1.807) is 24.5 Å². The van der Waals surface area contributed by atoms with Crippen molar-refractivity contribution in [1.29, 1.82) is 0 Å². The van der Waals surface area contributed by atoms with E-state index in [2.05, 4.69) is 17.5 Å². The number of hydrogen-bond acceptors (Lipinski definition) is 3. The second-order valence-corrected chi connectivity index (χ2v) is 7.54. The van der Waals surface area contributed by atoms with Gasteiger partial charge in [0.05, 0.1) is 12.3 Å². The number of benzene rings is 2. The molecule has 0 saturated carbocycles. The molecule has 144 valence electrons. The number of hydrogen-bond donors (Lipinski definition) is 1. The van der Waals surface area contributed by atoms with Gasteiger partial charge in [0.25, 0.3) is 0 Å². The zero-order chi connectivity index (χ0) is 19.8. The van der Waals surface area contributed by atoms with Crippen LogP contribution in [0.15, 0.2) is 83.5 Å². The Kier molecular flexibility index (Phi) is 4.39. The summed E-state index contributed by atoms with van der Waals surface area (Å²) in [5.74, 6) is 0.958. The fourth-order valence-electron chi connectivity index (χ4n) is 4.39. The lowest BCUT2D eigenvalue weighted by atomic mass is 9.76. The van der Waals surface area contributed by atoms with Gasteiger partial charge >= 0.3 is 0 Å². The van der Waals surface area contributed by atoms with E-state index in [1.165, 1.54) is 12.1 Å². The van der Waals surface area contributed by atoms with E-state index in [9.17, 15) is 9.18 Å².